The van der Waals surface area contributed by atoms with Gasteiger partial charge in [-0.15, -0.1) is 0 Å². The van der Waals surface area contributed by atoms with Crippen molar-refractivity contribution in [3.05, 3.63) is 57.3 Å². The minimum Gasteiger partial charge on any atom is -0.378 e. The first kappa shape index (κ1) is 13.7. The Morgan fingerprint density at radius 2 is 2.05 bits per heavy atom. The van der Waals surface area contributed by atoms with Crippen molar-refractivity contribution in [3.63, 3.8) is 0 Å². The van der Waals surface area contributed by atoms with Gasteiger partial charge in [-0.3, -0.25) is 0 Å². The number of nitrogens with zero attached hydrogens (tertiary/aromatic N) is 2. The lowest BCUT2D eigenvalue weighted by Gasteiger charge is -2.12. The fraction of sp³-hybridized carbons (Fsp3) is 0.143. The third-order valence-corrected chi connectivity index (χ3v) is 3.20. The molecular weight excluding hydrogens is 281 g/mol. The summed E-state index contributed by atoms with van der Waals surface area (Å²) in [6, 6.07) is 11.3. The predicted molar refractivity (Wildman–Crippen MR) is 77.5 cm³/mol. The van der Waals surface area contributed by atoms with Crippen molar-refractivity contribution in [1.82, 2.24) is 4.98 Å². The van der Waals surface area contributed by atoms with E-state index >= 15 is 0 Å². The highest BCUT2D eigenvalue weighted by atomic mass is 35.5. The summed E-state index contributed by atoms with van der Waals surface area (Å²) in [6.45, 7) is 2.41. The number of nitrogens with one attached hydrogen (secondary N) is 1. The Labute approximate surface area is 121 Å². The zero-order valence-corrected chi connectivity index (χ0v) is 11.8. The number of hydrogen-bond donors (Lipinski definition) is 1. The average Bonchev–Trinajstić information content (AvgIpc) is 2.38. The molecule has 1 aromatic heterocycles. The van der Waals surface area contributed by atoms with E-state index in [-0.39, 0.29) is 0 Å². The zero-order chi connectivity index (χ0) is 13.8. The Hall–Kier alpha value is -1.76. The Morgan fingerprint density at radius 3 is 2.74 bits per heavy atom. The van der Waals surface area contributed by atoms with E-state index in [0.717, 1.165) is 16.8 Å². The molecule has 3 nitrogen and oxygen atoms in total. The van der Waals surface area contributed by atoms with Gasteiger partial charge in [0.05, 0.1) is 17.3 Å². The van der Waals surface area contributed by atoms with E-state index in [0.29, 0.717) is 22.4 Å². The molecule has 1 aromatic carbocycles. The molecule has 0 fully saturated rings. The molecule has 1 heterocycles. The first-order chi connectivity index (χ1) is 9.11. The summed E-state index contributed by atoms with van der Waals surface area (Å²) >= 11 is 11.9. The highest BCUT2D eigenvalue weighted by molar-refractivity contribution is 6.34. The van der Waals surface area contributed by atoms with Gasteiger partial charge in [-0.05, 0) is 30.2 Å². The van der Waals surface area contributed by atoms with Gasteiger partial charge in [0.1, 0.15) is 5.15 Å². The lowest BCUT2D eigenvalue weighted by molar-refractivity contribution is 1.12. The molecule has 0 unspecified atom stereocenters. The first-order valence-corrected chi connectivity index (χ1v) is 6.42. The van der Waals surface area contributed by atoms with Crippen molar-refractivity contribution < 1.29 is 0 Å². The highest BCUT2D eigenvalue weighted by Crippen LogP contribution is 2.27. The highest BCUT2D eigenvalue weighted by Gasteiger charge is 2.08. The molecule has 19 heavy (non-hydrogen) atoms. The summed E-state index contributed by atoms with van der Waals surface area (Å²) in [5, 5.41) is 12.9. The molecule has 0 aliphatic heterocycles. The van der Waals surface area contributed by atoms with Gasteiger partial charge in [0, 0.05) is 6.54 Å². The Kier molecular flexibility index (Phi) is 4.26. The van der Waals surface area contributed by atoms with Gasteiger partial charge in [-0.25, -0.2) is 4.98 Å². The van der Waals surface area contributed by atoms with Crippen LogP contribution in [-0.4, -0.2) is 4.98 Å². The lowest BCUT2D eigenvalue weighted by atomic mass is 10.1. The monoisotopic (exact) mass is 291 g/mol. The summed E-state index contributed by atoms with van der Waals surface area (Å²) in [5.41, 5.74) is 3.21. The Balaban J connectivity index is 2.22. The van der Waals surface area contributed by atoms with Crippen LogP contribution in [0.1, 0.15) is 16.7 Å². The summed E-state index contributed by atoms with van der Waals surface area (Å²) in [7, 11) is 0. The van der Waals surface area contributed by atoms with Crippen LogP contribution in [0.2, 0.25) is 10.3 Å². The number of rotatable bonds is 3. The third-order valence-electron chi connectivity index (χ3n) is 2.73. The summed E-state index contributed by atoms with van der Waals surface area (Å²) in [6.07, 6.45) is 0. The van der Waals surface area contributed by atoms with Gasteiger partial charge in [-0.1, -0.05) is 41.4 Å². The smallest absolute Gasteiger partial charge is 0.154 e. The Bertz CT molecular complexity index is 624. The number of pyridine rings is 1. The second-order valence-corrected chi connectivity index (χ2v) is 4.80. The fourth-order valence-electron chi connectivity index (χ4n) is 1.77. The van der Waals surface area contributed by atoms with Crippen LogP contribution in [0.25, 0.3) is 0 Å². The molecular formula is C14H11Cl2N3. The fourth-order valence-corrected chi connectivity index (χ4v) is 2.37. The van der Waals surface area contributed by atoms with Crippen molar-refractivity contribution in [2.75, 3.05) is 5.32 Å². The number of aryl methyl sites for hydroxylation is 1. The molecule has 0 saturated heterocycles. The van der Waals surface area contributed by atoms with Crippen LogP contribution in [0.15, 0.2) is 30.3 Å². The van der Waals surface area contributed by atoms with Gasteiger partial charge in [-0.2, -0.15) is 5.26 Å². The minimum atomic E-state index is 0.333. The summed E-state index contributed by atoms with van der Waals surface area (Å²) < 4.78 is 0. The van der Waals surface area contributed by atoms with Crippen LogP contribution in [-0.2, 0) is 6.54 Å². The minimum absolute atomic E-state index is 0.333. The van der Waals surface area contributed by atoms with Crippen molar-refractivity contribution in [1.29, 1.82) is 5.26 Å². The molecule has 0 radical (unpaired) electrons. The number of benzene rings is 1. The second kappa shape index (κ2) is 5.92. The van der Waals surface area contributed by atoms with Gasteiger partial charge in [0.2, 0.25) is 0 Å². The molecule has 96 valence electrons. The van der Waals surface area contributed by atoms with Crippen LogP contribution < -0.4 is 5.32 Å². The van der Waals surface area contributed by atoms with Crippen molar-refractivity contribution in [2.45, 2.75) is 13.5 Å². The molecule has 0 spiro atoms. The van der Waals surface area contributed by atoms with Gasteiger partial charge < -0.3 is 5.32 Å². The van der Waals surface area contributed by atoms with E-state index in [1.165, 1.54) is 0 Å². The molecule has 2 rings (SSSR count). The van der Waals surface area contributed by atoms with Crippen LogP contribution >= 0.6 is 23.2 Å². The predicted octanol–water partition coefficient (Wildman–Crippen LogP) is 4.18. The topological polar surface area (TPSA) is 48.7 Å². The molecule has 0 amide bonds. The van der Waals surface area contributed by atoms with Gasteiger partial charge in [0.15, 0.2) is 5.15 Å². The van der Waals surface area contributed by atoms with E-state index < -0.39 is 0 Å². The first-order valence-electron chi connectivity index (χ1n) is 5.66. The molecule has 0 aliphatic carbocycles. The van der Waals surface area contributed by atoms with Crippen molar-refractivity contribution in [3.8, 4) is 6.07 Å². The summed E-state index contributed by atoms with van der Waals surface area (Å²) in [5.74, 6) is 0. The van der Waals surface area contributed by atoms with Crippen LogP contribution in [0.3, 0.4) is 0 Å². The molecule has 0 saturated carbocycles. The SMILES string of the molecule is Cc1cc(Cl)nc(Cl)c1NCc1ccccc1C#N. The van der Waals surface area contributed by atoms with E-state index in [9.17, 15) is 0 Å². The number of aromatic nitrogens is 1. The maximum atomic E-state index is 9.03. The Morgan fingerprint density at radius 1 is 1.32 bits per heavy atom. The van der Waals surface area contributed by atoms with E-state index in [1.807, 2.05) is 25.1 Å². The molecule has 5 heteroatoms. The normalized spacial score (nSPS) is 10.0. The van der Waals surface area contributed by atoms with Crippen LogP contribution in [0, 0.1) is 18.3 Å². The molecule has 2 aromatic rings. The van der Waals surface area contributed by atoms with Gasteiger partial charge in [0.25, 0.3) is 0 Å². The van der Waals surface area contributed by atoms with E-state index in [1.54, 1.807) is 12.1 Å². The van der Waals surface area contributed by atoms with E-state index in [2.05, 4.69) is 16.4 Å². The number of hydrogen-bond acceptors (Lipinski definition) is 3. The van der Waals surface area contributed by atoms with E-state index in [4.69, 9.17) is 28.5 Å². The van der Waals surface area contributed by atoms with Crippen LogP contribution in [0.4, 0.5) is 5.69 Å². The largest absolute Gasteiger partial charge is 0.378 e. The van der Waals surface area contributed by atoms with Crippen molar-refractivity contribution in [2.24, 2.45) is 0 Å². The summed E-state index contributed by atoms with van der Waals surface area (Å²) in [4.78, 5) is 3.99. The maximum Gasteiger partial charge on any atom is 0.154 e. The van der Waals surface area contributed by atoms with Crippen LogP contribution in [0.5, 0.6) is 0 Å². The average molecular weight is 292 g/mol. The maximum absolute atomic E-state index is 9.03. The lowest BCUT2D eigenvalue weighted by Crippen LogP contribution is -2.04. The second-order valence-electron chi connectivity index (χ2n) is 4.05. The van der Waals surface area contributed by atoms with Crippen molar-refractivity contribution >= 4 is 28.9 Å². The molecule has 1 N–H and O–H groups in total. The zero-order valence-electron chi connectivity index (χ0n) is 10.2. The van der Waals surface area contributed by atoms with Gasteiger partial charge >= 0.3 is 0 Å². The number of halogens is 2. The number of anilines is 1. The number of nitriles is 1. The quantitative estimate of drug-likeness (QED) is 0.863. The standard InChI is InChI=1S/C14H11Cl2N3/c1-9-6-12(15)19-14(16)13(9)18-8-11-5-3-2-4-10(11)7-17/h2-6,18H,8H2,1H3. The molecule has 0 atom stereocenters. The molecule has 0 bridgehead atoms. The third kappa shape index (κ3) is 3.17. The molecule has 0 aliphatic rings.